The van der Waals surface area contributed by atoms with Gasteiger partial charge in [0.1, 0.15) is 5.75 Å². The summed E-state index contributed by atoms with van der Waals surface area (Å²) < 4.78 is 5.29. The molecule has 6 heteroatoms. The Hall–Kier alpha value is -3.41. The number of hydrogen-bond donors (Lipinski definition) is 2. The first-order valence-electron chi connectivity index (χ1n) is 8.18. The molecule has 0 unspecified atom stereocenters. The van der Waals surface area contributed by atoms with Gasteiger partial charge in [-0.15, -0.1) is 0 Å². The number of aromatic nitrogens is 1. The molecule has 0 aliphatic carbocycles. The Morgan fingerprint density at radius 2 is 1.85 bits per heavy atom. The zero-order valence-electron chi connectivity index (χ0n) is 14.5. The van der Waals surface area contributed by atoms with Crippen LogP contribution in [0.5, 0.6) is 5.75 Å². The largest absolute Gasteiger partial charge is 0.496 e. The van der Waals surface area contributed by atoms with Gasteiger partial charge in [-0.1, -0.05) is 24.3 Å². The third-order valence-electron chi connectivity index (χ3n) is 4.02. The summed E-state index contributed by atoms with van der Waals surface area (Å²) in [6.45, 7) is 1.80. The molecule has 3 aromatic rings. The van der Waals surface area contributed by atoms with E-state index in [4.69, 9.17) is 4.74 Å². The molecule has 0 aliphatic heterocycles. The van der Waals surface area contributed by atoms with Gasteiger partial charge in [-0.2, -0.15) is 0 Å². The van der Waals surface area contributed by atoms with Crippen LogP contribution in [0.15, 0.2) is 60.8 Å². The van der Waals surface area contributed by atoms with Crippen molar-refractivity contribution in [2.75, 3.05) is 12.4 Å². The summed E-state index contributed by atoms with van der Waals surface area (Å²) in [6, 6.07) is 16.0. The summed E-state index contributed by atoms with van der Waals surface area (Å²) in [5.41, 5.74) is 2.16. The van der Waals surface area contributed by atoms with Gasteiger partial charge in [-0.25, -0.2) is 0 Å². The Bertz CT molecular complexity index is 956. The molecule has 2 N–H and O–H groups in total. The summed E-state index contributed by atoms with van der Waals surface area (Å²) in [7, 11) is 1.56. The highest BCUT2D eigenvalue weighted by Crippen LogP contribution is 2.24. The topological polar surface area (TPSA) is 80.3 Å². The maximum Gasteiger partial charge on any atom is 0.313 e. The van der Waals surface area contributed by atoms with Crippen LogP contribution in [0.2, 0.25) is 0 Å². The lowest BCUT2D eigenvalue weighted by Gasteiger charge is -2.17. The number of carbonyl (C=O) groups excluding carboxylic acids is 2. The number of para-hydroxylation sites is 1. The number of fused-ring (bicyclic) bond motifs is 1. The second kappa shape index (κ2) is 7.65. The number of rotatable bonds is 4. The van der Waals surface area contributed by atoms with Crippen LogP contribution >= 0.6 is 0 Å². The maximum atomic E-state index is 12.2. The highest BCUT2D eigenvalue weighted by atomic mass is 16.5. The van der Waals surface area contributed by atoms with Gasteiger partial charge in [0.2, 0.25) is 0 Å². The fourth-order valence-electron chi connectivity index (χ4n) is 2.71. The quantitative estimate of drug-likeness (QED) is 0.710. The number of ether oxygens (including phenoxy) is 1. The first kappa shape index (κ1) is 17.4. The van der Waals surface area contributed by atoms with E-state index in [9.17, 15) is 9.59 Å². The van der Waals surface area contributed by atoms with E-state index in [2.05, 4.69) is 15.6 Å². The number of hydrogen-bond acceptors (Lipinski definition) is 4. The van der Waals surface area contributed by atoms with Crippen LogP contribution < -0.4 is 15.4 Å². The highest BCUT2D eigenvalue weighted by molar-refractivity contribution is 6.39. The molecule has 26 heavy (non-hydrogen) atoms. The molecule has 1 atom stereocenters. The van der Waals surface area contributed by atoms with Crippen molar-refractivity contribution < 1.29 is 14.3 Å². The predicted octanol–water partition coefficient (Wildman–Crippen LogP) is 3.06. The SMILES string of the molecule is COc1ccccc1[C@@H](C)NC(=O)C(=O)Nc1ccc2ncccc2c1. The second-order valence-electron chi connectivity index (χ2n) is 5.80. The number of carbonyl (C=O) groups is 2. The van der Waals surface area contributed by atoms with E-state index in [1.807, 2.05) is 30.3 Å². The van der Waals surface area contributed by atoms with E-state index in [0.717, 1.165) is 16.5 Å². The van der Waals surface area contributed by atoms with Gasteiger partial charge in [-0.05, 0) is 37.3 Å². The van der Waals surface area contributed by atoms with Gasteiger partial charge in [0.05, 0.1) is 18.7 Å². The van der Waals surface area contributed by atoms with Crippen molar-refractivity contribution in [2.24, 2.45) is 0 Å². The fourth-order valence-corrected chi connectivity index (χ4v) is 2.71. The lowest BCUT2D eigenvalue weighted by molar-refractivity contribution is -0.136. The third kappa shape index (κ3) is 3.80. The molecule has 2 amide bonds. The fraction of sp³-hybridized carbons (Fsp3) is 0.150. The van der Waals surface area contributed by atoms with Crippen LogP contribution in [-0.4, -0.2) is 23.9 Å². The van der Waals surface area contributed by atoms with Crippen LogP contribution in [0.25, 0.3) is 10.9 Å². The molecular formula is C20H19N3O3. The summed E-state index contributed by atoms with van der Waals surface area (Å²) in [4.78, 5) is 28.6. The standard InChI is InChI=1S/C20H19N3O3/c1-13(16-7-3-4-8-18(16)26-2)22-19(24)20(25)23-15-9-10-17-14(12-15)6-5-11-21-17/h3-13H,1-2H3,(H,22,24)(H,23,25)/t13-/m1/s1. The molecular weight excluding hydrogens is 330 g/mol. The van der Waals surface area contributed by atoms with Crippen LogP contribution in [-0.2, 0) is 9.59 Å². The zero-order chi connectivity index (χ0) is 18.5. The summed E-state index contributed by atoms with van der Waals surface area (Å²) in [6.07, 6.45) is 1.70. The zero-order valence-corrected chi connectivity index (χ0v) is 14.5. The van der Waals surface area contributed by atoms with Crippen molar-refractivity contribution in [3.63, 3.8) is 0 Å². The molecule has 1 heterocycles. The molecule has 3 rings (SSSR count). The Morgan fingerprint density at radius 3 is 2.65 bits per heavy atom. The molecule has 0 spiro atoms. The van der Waals surface area contributed by atoms with Crippen LogP contribution in [0.3, 0.4) is 0 Å². The minimum atomic E-state index is -0.727. The Kier molecular flexibility index (Phi) is 5.12. The smallest absolute Gasteiger partial charge is 0.313 e. The van der Waals surface area contributed by atoms with E-state index in [1.165, 1.54) is 0 Å². The number of amides is 2. The number of nitrogens with one attached hydrogen (secondary N) is 2. The van der Waals surface area contributed by atoms with Gasteiger partial charge < -0.3 is 15.4 Å². The van der Waals surface area contributed by atoms with E-state index < -0.39 is 11.8 Å². The number of nitrogens with zero attached hydrogens (tertiary/aromatic N) is 1. The van der Waals surface area contributed by atoms with Crippen molar-refractivity contribution in [1.82, 2.24) is 10.3 Å². The Morgan fingerprint density at radius 1 is 1.04 bits per heavy atom. The van der Waals surface area contributed by atoms with E-state index in [0.29, 0.717) is 11.4 Å². The number of anilines is 1. The first-order valence-corrected chi connectivity index (χ1v) is 8.18. The minimum Gasteiger partial charge on any atom is -0.496 e. The summed E-state index contributed by atoms with van der Waals surface area (Å²) in [5.74, 6) is -0.785. The average Bonchev–Trinajstić information content (AvgIpc) is 2.67. The van der Waals surface area contributed by atoms with Crippen molar-refractivity contribution >= 4 is 28.4 Å². The summed E-state index contributed by atoms with van der Waals surface area (Å²) >= 11 is 0. The van der Waals surface area contributed by atoms with Gasteiger partial charge in [0.15, 0.2) is 0 Å². The predicted molar refractivity (Wildman–Crippen MR) is 99.9 cm³/mol. The van der Waals surface area contributed by atoms with Crippen LogP contribution in [0.1, 0.15) is 18.5 Å². The first-order chi connectivity index (χ1) is 12.6. The molecule has 0 aliphatic rings. The molecule has 0 saturated heterocycles. The van der Waals surface area contributed by atoms with E-state index in [1.54, 1.807) is 44.5 Å². The van der Waals surface area contributed by atoms with Gasteiger partial charge in [0.25, 0.3) is 0 Å². The number of benzene rings is 2. The van der Waals surface area contributed by atoms with Crippen LogP contribution in [0, 0.1) is 0 Å². The number of pyridine rings is 1. The van der Waals surface area contributed by atoms with E-state index >= 15 is 0 Å². The third-order valence-corrected chi connectivity index (χ3v) is 4.02. The molecule has 0 bridgehead atoms. The minimum absolute atomic E-state index is 0.370. The van der Waals surface area contributed by atoms with Crippen molar-refractivity contribution in [3.8, 4) is 5.75 Å². The van der Waals surface area contributed by atoms with Crippen LogP contribution in [0.4, 0.5) is 5.69 Å². The molecule has 6 nitrogen and oxygen atoms in total. The summed E-state index contributed by atoms with van der Waals surface area (Å²) in [5, 5.41) is 6.18. The normalized spacial score (nSPS) is 11.6. The van der Waals surface area contributed by atoms with Crippen molar-refractivity contribution in [1.29, 1.82) is 0 Å². The lowest BCUT2D eigenvalue weighted by Crippen LogP contribution is -2.37. The van der Waals surface area contributed by atoms with Gasteiger partial charge >= 0.3 is 11.8 Å². The van der Waals surface area contributed by atoms with Gasteiger partial charge in [0, 0.05) is 22.8 Å². The van der Waals surface area contributed by atoms with Crippen molar-refractivity contribution in [3.05, 3.63) is 66.4 Å². The average molecular weight is 349 g/mol. The molecule has 0 saturated carbocycles. The molecule has 0 fully saturated rings. The molecule has 1 aromatic heterocycles. The monoisotopic (exact) mass is 349 g/mol. The Balaban J connectivity index is 1.68. The molecule has 2 aromatic carbocycles. The number of methoxy groups -OCH3 is 1. The molecule has 0 radical (unpaired) electrons. The molecule has 132 valence electrons. The maximum absolute atomic E-state index is 12.2. The second-order valence-corrected chi connectivity index (χ2v) is 5.80. The van der Waals surface area contributed by atoms with Gasteiger partial charge in [-0.3, -0.25) is 14.6 Å². The van der Waals surface area contributed by atoms with E-state index in [-0.39, 0.29) is 6.04 Å². The lowest BCUT2D eigenvalue weighted by atomic mass is 10.1. The highest BCUT2D eigenvalue weighted by Gasteiger charge is 2.19. The Labute approximate surface area is 151 Å². The van der Waals surface area contributed by atoms with Crippen molar-refractivity contribution in [2.45, 2.75) is 13.0 Å².